The van der Waals surface area contributed by atoms with Gasteiger partial charge in [0.15, 0.2) is 0 Å². The van der Waals surface area contributed by atoms with Crippen LogP contribution in [0.15, 0.2) is 24.3 Å². The van der Waals surface area contributed by atoms with Crippen molar-refractivity contribution in [3.63, 3.8) is 0 Å². The molecular weight excluding hydrogens is 264 g/mol. The van der Waals surface area contributed by atoms with Crippen molar-refractivity contribution >= 4 is 29.3 Å². The SMILES string of the molecule is N#CCSCC(=O)Nc1ccc(CCC(=O)O)cc1. The zero-order valence-corrected chi connectivity index (χ0v) is 11.1. The number of aryl methyl sites for hydroxylation is 1. The van der Waals surface area contributed by atoms with Crippen LogP contribution in [0.5, 0.6) is 0 Å². The number of nitrogens with one attached hydrogen (secondary N) is 1. The lowest BCUT2D eigenvalue weighted by atomic mass is 10.1. The Hall–Kier alpha value is -2.00. The van der Waals surface area contributed by atoms with E-state index >= 15 is 0 Å². The minimum Gasteiger partial charge on any atom is -0.481 e. The number of hydrogen-bond acceptors (Lipinski definition) is 4. The van der Waals surface area contributed by atoms with Crippen molar-refractivity contribution in [1.82, 2.24) is 0 Å². The third kappa shape index (κ3) is 6.48. The van der Waals surface area contributed by atoms with E-state index in [0.717, 1.165) is 5.56 Å². The first kappa shape index (κ1) is 15.1. The molecule has 5 nitrogen and oxygen atoms in total. The average Bonchev–Trinajstić information content (AvgIpc) is 2.38. The second kappa shape index (κ2) is 8.16. The normalized spacial score (nSPS) is 9.63. The lowest BCUT2D eigenvalue weighted by Crippen LogP contribution is -2.14. The molecule has 0 bridgehead atoms. The number of benzene rings is 1. The Labute approximate surface area is 115 Å². The van der Waals surface area contributed by atoms with Crippen LogP contribution < -0.4 is 5.32 Å². The van der Waals surface area contributed by atoms with Crippen LogP contribution >= 0.6 is 11.8 Å². The molecule has 19 heavy (non-hydrogen) atoms. The Bertz CT molecular complexity index is 480. The van der Waals surface area contributed by atoms with Gasteiger partial charge in [0.25, 0.3) is 0 Å². The summed E-state index contributed by atoms with van der Waals surface area (Å²) in [5.41, 5.74) is 1.58. The number of carboxylic acids is 1. The summed E-state index contributed by atoms with van der Waals surface area (Å²) in [7, 11) is 0. The first-order valence-electron chi connectivity index (χ1n) is 5.67. The monoisotopic (exact) mass is 278 g/mol. The van der Waals surface area contributed by atoms with E-state index in [1.807, 2.05) is 6.07 Å². The molecule has 0 aromatic heterocycles. The standard InChI is InChI=1S/C13H14N2O3S/c14-7-8-19-9-12(16)15-11-4-1-10(2-5-11)3-6-13(17)18/h1-2,4-5H,3,6,8-9H2,(H,15,16)(H,17,18). The Morgan fingerprint density at radius 1 is 1.32 bits per heavy atom. The summed E-state index contributed by atoms with van der Waals surface area (Å²) in [4.78, 5) is 21.9. The molecule has 1 rings (SSSR count). The maximum atomic E-state index is 11.5. The highest BCUT2D eigenvalue weighted by Crippen LogP contribution is 2.11. The number of carbonyl (C=O) groups is 2. The van der Waals surface area contributed by atoms with Gasteiger partial charge in [-0.2, -0.15) is 5.26 Å². The van der Waals surface area contributed by atoms with E-state index in [2.05, 4.69) is 5.32 Å². The molecule has 0 saturated heterocycles. The van der Waals surface area contributed by atoms with Gasteiger partial charge in [0.1, 0.15) is 0 Å². The van der Waals surface area contributed by atoms with Crippen LogP contribution in [0.25, 0.3) is 0 Å². The van der Waals surface area contributed by atoms with Crippen molar-refractivity contribution in [2.75, 3.05) is 16.8 Å². The summed E-state index contributed by atoms with van der Waals surface area (Å²) in [6.45, 7) is 0. The van der Waals surface area contributed by atoms with E-state index in [9.17, 15) is 9.59 Å². The van der Waals surface area contributed by atoms with Crippen LogP contribution in [-0.4, -0.2) is 28.5 Å². The van der Waals surface area contributed by atoms with E-state index in [-0.39, 0.29) is 18.1 Å². The number of rotatable bonds is 7. The zero-order valence-electron chi connectivity index (χ0n) is 10.3. The molecule has 1 aromatic carbocycles. The Morgan fingerprint density at radius 3 is 2.58 bits per heavy atom. The largest absolute Gasteiger partial charge is 0.481 e. The van der Waals surface area contributed by atoms with E-state index in [1.54, 1.807) is 24.3 Å². The van der Waals surface area contributed by atoms with Gasteiger partial charge in [0.2, 0.25) is 5.91 Å². The first-order valence-corrected chi connectivity index (χ1v) is 6.82. The molecule has 0 fully saturated rings. The molecule has 0 unspecified atom stereocenters. The smallest absolute Gasteiger partial charge is 0.303 e. The number of carbonyl (C=O) groups excluding carboxylic acids is 1. The van der Waals surface area contributed by atoms with Gasteiger partial charge >= 0.3 is 5.97 Å². The van der Waals surface area contributed by atoms with Crippen molar-refractivity contribution in [3.05, 3.63) is 29.8 Å². The number of hydrogen-bond donors (Lipinski definition) is 2. The highest BCUT2D eigenvalue weighted by atomic mass is 32.2. The van der Waals surface area contributed by atoms with E-state index in [0.29, 0.717) is 17.9 Å². The van der Waals surface area contributed by atoms with Crippen molar-refractivity contribution in [2.45, 2.75) is 12.8 Å². The van der Waals surface area contributed by atoms with Gasteiger partial charge in [-0.05, 0) is 24.1 Å². The number of nitriles is 1. The quantitative estimate of drug-likeness (QED) is 0.743. The number of nitrogens with zero attached hydrogens (tertiary/aromatic N) is 1. The van der Waals surface area contributed by atoms with Gasteiger partial charge in [0.05, 0.1) is 17.6 Å². The highest BCUT2D eigenvalue weighted by molar-refractivity contribution is 8.00. The molecule has 0 aliphatic carbocycles. The molecule has 6 heteroatoms. The lowest BCUT2D eigenvalue weighted by Gasteiger charge is -2.05. The second-order valence-corrected chi connectivity index (χ2v) is 4.78. The maximum absolute atomic E-state index is 11.5. The summed E-state index contributed by atoms with van der Waals surface area (Å²) in [5.74, 6) is -0.444. The number of carboxylic acid groups (broad SMARTS) is 1. The minimum absolute atomic E-state index is 0.0938. The fourth-order valence-electron chi connectivity index (χ4n) is 1.39. The molecular formula is C13H14N2O3S. The molecule has 2 N–H and O–H groups in total. The number of thioether (sulfide) groups is 1. The van der Waals surface area contributed by atoms with Crippen molar-refractivity contribution in [2.24, 2.45) is 0 Å². The molecule has 0 aliphatic rings. The molecule has 1 aromatic rings. The number of aliphatic carboxylic acids is 1. The molecule has 100 valence electrons. The van der Waals surface area contributed by atoms with E-state index < -0.39 is 5.97 Å². The molecule has 0 aliphatic heterocycles. The van der Waals surface area contributed by atoms with Gasteiger partial charge in [-0.1, -0.05) is 12.1 Å². The van der Waals surface area contributed by atoms with Gasteiger partial charge in [-0.25, -0.2) is 0 Å². The van der Waals surface area contributed by atoms with Crippen LogP contribution in [0.3, 0.4) is 0 Å². The Morgan fingerprint density at radius 2 is 2.00 bits per heavy atom. The third-order valence-corrected chi connectivity index (χ3v) is 3.06. The van der Waals surface area contributed by atoms with E-state index in [4.69, 9.17) is 10.4 Å². The molecule has 0 saturated carbocycles. The van der Waals surface area contributed by atoms with Crippen LogP contribution in [-0.2, 0) is 16.0 Å². The van der Waals surface area contributed by atoms with E-state index in [1.165, 1.54) is 11.8 Å². The van der Waals surface area contributed by atoms with Crippen LogP contribution in [0, 0.1) is 11.3 Å². The predicted octanol–water partition coefficient (Wildman–Crippen LogP) is 1.90. The Balaban J connectivity index is 2.41. The minimum atomic E-state index is -0.827. The third-order valence-electron chi connectivity index (χ3n) is 2.27. The molecule has 0 radical (unpaired) electrons. The molecule has 1 amide bonds. The Kier molecular flexibility index (Phi) is 6.47. The maximum Gasteiger partial charge on any atom is 0.303 e. The molecule has 0 atom stereocenters. The lowest BCUT2D eigenvalue weighted by molar-refractivity contribution is -0.137. The summed E-state index contributed by atoms with van der Waals surface area (Å²) >= 11 is 1.26. The van der Waals surface area contributed by atoms with Gasteiger partial charge in [-0.3, -0.25) is 9.59 Å². The molecule has 0 heterocycles. The predicted molar refractivity (Wildman–Crippen MR) is 74.0 cm³/mol. The van der Waals surface area contributed by atoms with Crippen LogP contribution in [0.2, 0.25) is 0 Å². The summed E-state index contributed by atoms with van der Waals surface area (Å²) in [6, 6.07) is 9.02. The highest BCUT2D eigenvalue weighted by Gasteiger charge is 2.03. The van der Waals surface area contributed by atoms with Crippen LogP contribution in [0.1, 0.15) is 12.0 Å². The summed E-state index contributed by atoms with van der Waals surface area (Å²) in [6.07, 6.45) is 0.568. The van der Waals surface area contributed by atoms with Gasteiger partial charge in [0, 0.05) is 12.1 Å². The van der Waals surface area contributed by atoms with Gasteiger partial charge in [-0.15, -0.1) is 11.8 Å². The van der Waals surface area contributed by atoms with Crippen LogP contribution in [0.4, 0.5) is 5.69 Å². The summed E-state index contributed by atoms with van der Waals surface area (Å²) in [5, 5.41) is 19.6. The van der Waals surface area contributed by atoms with Crippen molar-refractivity contribution in [1.29, 1.82) is 5.26 Å². The zero-order chi connectivity index (χ0) is 14.1. The fourth-order valence-corrected chi connectivity index (χ4v) is 1.84. The average molecular weight is 278 g/mol. The summed E-state index contributed by atoms with van der Waals surface area (Å²) < 4.78 is 0. The number of anilines is 1. The van der Waals surface area contributed by atoms with Crippen molar-refractivity contribution in [3.8, 4) is 6.07 Å². The topological polar surface area (TPSA) is 90.2 Å². The van der Waals surface area contributed by atoms with Gasteiger partial charge < -0.3 is 10.4 Å². The second-order valence-electron chi connectivity index (χ2n) is 3.79. The fraction of sp³-hybridized carbons (Fsp3) is 0.308. The van der Waals surface area contributed by atoms with Crippen molar-refractivity contribution < 1.29 is 14.7 Å². The molecule has 0 spiro atoms. The first-order chi connectivity index (χ1) is 9.11. The number of amides is 1.